The first-order chi connectivity index (χ1) is 9.71. The van der Waals surface area contributed by atoms with Crippen molar-refractivity contribution in [3.8, 4) is 0 Å². The summed E-state index contributed by atoms with van der Waals surface area (Å²) >= 11 is 0. The van der Waals surface area contributed by atoms with Crippen molar-refractivity contribution < 1.29 is 19.4 Å². The number of hydrogen-bond donors (Lipinski definition) is 2. The minimum absolute atomic E-state index is 0.134. The maximum absolute atomic E-state index is 11.8. The molecule has 1 aromatic rings. The number of benzene rings is 1. The molecule has 0 fully saturated rings. The number of esters is 1. The standard InChI is InChI=1S/C16H23NO4/c1-16(2,3)21-14(18)9-13(15(19)20)8-11-4-6-12(10-17)7-5-11/h4-7,13H,8-10,17H2,1-3H3,(H,19,20)/t13-/m0/s1. The Morgan fingerprint density at radius 1 is 1.19 bits per heavy atom. The summed E-state index contributed by atoms with van der Waals surface area (Å²) < 4.78 is 5.17. The highest BCUT2D eigenvalue weighted by molar-refractivity contribution is 5.79. The Hall–Kier alpha value is -1.88. The van der Waals surface area contributed by atoms with E-state index in [1.807, 2.05) is 24.3 Å². The van der Waals surface area contributed by atoms with Gasteiger partial charge in [-0.05, 0) is 38.3 Å². The lowest BCUT2D eigenvalue weighted by Gasteiger charge is -2.21. The van der Waals surface area contributed by atoms with Gasteiger partial charge in [-0.1, -0.05) is 24.3 Å². The largest absolute Gasteiger partial charge is 0.481 e. The van der Waals surface area contributed by atoms with Gasteiger partial charge >= 0.3 is 11.9 Å². The van der Waals surface area contributed by atoms with Gasteiger partial charge in [0.15, 0.2) is 0 Å². The third-order valence-electron chi connectivity index (χ3n) is 2.92. The van der Waals surface area contributed by atoms with Gasteiger partial charge in [-0.3, -0.25) is 9.59 Å². The molecule has 0 saturated carbocycles. The van der Waals surface area contributed by atoms with Crippen molar-refractivity contribution in [1.82, 2.24) is 0 Å². The van der Waals surface area contributed by atoms with Gasteiger partial charge in [0.25, 0.3) is 0 Å². The number of carbonyl (C=O) groups is 2. The number of rotatable bonds is 6. The van der Waals surface area contributed by atoms with E-state index in [-0.39, 0.29) is 6.42 Å². The van der Waals surface area contributed by atoms with E-state index in [0.717, 1.165) is 11.1 Å². The maximum atomic E-state index is 11.8. The van der Waals surface area contributed by atoms with Crippen molar-refractivity contribution in [2.24, 2.45) is 11.7 Å². The summed E-state index contributed by atoms with van der Waals surface area (Å²) in [4.78, 5) is 23.1. The Morgan fingerprint density at radius 3 is 2.14 bits per heavy atom. The molecule has 0 unspecified atom stereocenters. The average Bonchev–Trinajstić information content (AvgIpc) is 2.36. The molecule has 1 aromatic carbocycles. The summed E-state index contributed by atoms with van der Waals surface area (Å²) in [6.07, 6.45) is 0.157. The third kappa shape index (κ3) is 6.40. The summed E-state index contributed by atoms with van der Waals surface area (Å²) in [6, 6.07) is 7.41. The Bertz CT molecular complexity index is 488. The molecule has 21 heavy (non-hydrogen) atoms. The van der Waals surface area contributed by atoms with Crippen LogP contribution in [0.25, 0.3) is 0 Å². The van der Waals surface area contributed by atoms with Crippen LogP contribution in [0, 0.1) is 5.92 Å². The van der Waals surface area contributed by atoms with E-state index in [1.54, 1.807) is 20.8 Å². The number of aliphatic carboxylic acids is 1. The van der Waals surface area contributed by atoms with Gasteiger partial charge < -0.3 is 15.6 Å². The molecular formula is C16H23NO4. The summed E-state index contributed by atoms with van der Waals surface area (Å²) in [5.74, 6) is -2.28. The van der Waals surface area contributed by atoms with E-state index >= 15 is 0 Å². The Balaban J connectivity index is 2.69. The van der Waals surface area contributed by atoms with Gasteiger partial charge in [-0.2, -0.15) is 0 Å². The van der Waals surface area contributed by atoms with Crippen LogP contribution in [-0.2, 0) is 27.3 Å². The quantitative estimate of drug-likeness (QED) is 0.784. The zero-order valence-electron chi connectivity index (χ0n) is 12.8. The van der Waals surface area contributed by atoms with Gasteiger partial charge in [-0.25, -0.2) is 0 Å². The zero-order valence-corrected chi connectivity index (χ0v) is 12.8. The lowest BCUT2D eigenvalue weighted by atomic mass is 9.95. The third-order valence-corrected chi connectivity index (χ3v) is 2.92. The number of carboxylic acids is 1. The molecule has 0 radical (unpaired) electrons. The molecule has 0 aliphatic heterocycles. The first kappa shape index (κ1) is 17.2. The number of carbonyl (C=O) groups excluding carboxylic acids is 1. The molecule has 0 heterocycles. The van der Waals surface area contributed by atoms with Crippen LogP contribution >= 0.6 is 0 Å². The second kappa shape index (κ2) is 7.22. The predicted octanol–water partition coefficient (Wildman–Crippen LogP) is 2.12. The van der Waals surface area contributed by atoms with Crippen molar-refractivity contribution in [1.29, 1.82) is 0 Å². The highest BCUT2D eigenvalue weighted by atomic mass is 16.6. The van der Waals surface area contributed by atoms with Crippen LogP contribution in [0.3, 0.4) is 0 Å². The smallest absolute Gasteiger partial charge is 0.307 e. The van der Waals surface area contributed by atoms with Crippen molar-refractivity contribution in [2.75, 3.05) is 0 Å². The summed E-state index contributed by atoms with van der Waals surface area (Å²) in [5.41, 5.74) is 6.76. The Labute approximate surface area is 125 Å². The Morgan fingerprint density at radius 2 is 1.71 bits per heavy atom. The SMILES string of the molecule is CC(C)(C)OC(=O)C[C@H](Cc1ccc(CN)cc1)C(=O)O. The minimum atomic E-state index is -0.997. The molecule has 0 spiro atoms. The molecular weight excluding hydrogens is 270 g/mol. The molecule has 0 saturated heterocycles. The molecule has 3 N–H and O–H groups in total. The first-order valence-corrected chi connectivity index (χ1v) is 6.94. The maximum Gasteiger partial charge on any atom is 0.307 e. The van der Waals surface area contributed by atoms with Gasteiger partial charge in [0.2, 0.25) is 0 Å². The number of hydrogen-bond acceptors (Lipinski definition) is 4. The topological polar surface area (TPSA) is 89.6 Å². The lowest BCUT2D eigenvalue weighted by molar-refractivity contribution is -0.159. The predicted molar refractivity (Wildman–Crippen MR) is 79.6 cm³/mol. The molecule has 5 nitrogen and oxygen atoms in total. The second-order valence-corrected chi connectivity index (χ2v) is 6.05. The van der Waals surface area contributed by atoms with Crippen LogP contribution < -0.4 is 5.73 Å². The zero-order chi connectivity index (χ0) is 16.0. The highest BCUT2D eigenvalue weighted by Gasteiger charge is 2.25. The second-order valence-electron chi connectivity index (χ2n) is 6.05. The lowest BCUT2D eigenvalue weighted by Crippen LogP contribution is -2.28. The van der Waals surface area contributed by atoms with Crippen LogP contribution in [0.4, 0.5) is 0 Å². The van der Waals surface area contributed by atoms with Crippen molar-refractivity contribution in [3.63, 3.8) is 0 Å². The van der Waals surface area contributed by atoms with Crippen LogP contribution in [-0.4, -0.2) is 22.6 Å². The molecule has 0 amide bonds. The van der Waals surface area contributed by atoms with Crippen LogP contribution in [0.15, 0.2) is 24.3 Å². The first-order valence-electron chi connectivity index (χ1n) is 6.94. The highest BCUT2D eigenvalue weighted by Crippen LogP contribution is 2.17. The number of carboxylic acid groups (broad SMARTS) is 1. The van der Waals surface area contributed by atoms with Crippen LogP contribution in [0.2, 0.25) is 0 Å². The van der Waals surface area contributed by atoms with Crippen molar-refractivity contribution in [3.05, 3.63) is 35.4 Å². The van der Waals surface area contributed by atoms with Crippen LogP contribution in [0.5, 0.6) is 0 Å². The Kier molecular flexibility index (Phi) is 5.90. The molecule has 0 aliphatic carbocycles. The van der Waals surface area contributed by atoms with Gasteiger partial charge in [0.1, 0.15) is 5.60 Å². The van der Waals surface area contributed by atoms with E-state index in [9.17, 15) is 14.7 Å². The van der Waals surface area contributed by atoms with E-state index in [0.29, 0.717) is 13.0 Å². The van der Waals surface area contributed by atoms with Gasteiger partial charge in [-0.15, -0.1) is 0 Å². The van der Waals surface area contributed by atoms with Gasteiger partial charge in [0.05, 0.1) is 12.3 Å². The summed E-state index contributed by atoms with van der Waals surface area (Å²) in [6.45, 7) is 5.71. The monoisotopic (exact) mass is 293 g/mol. The fourth-order valence-corrected chi connectivity index (χ4v) is 1.93. The molecule has 1 atom stereocenters. The molecule has 116 valence electrons. The number of ether oxygens (including phenoxy) is 1. The fraction of sp³-hybridized carbons (Fsp3) is 0.500. The van der Waals surface area contributed by atoms with E-state index in [4.69, 9.17) is 10.5 Å². The van der Waals surface area contributed by atoms with E-state index in [1.165, 1.54) is 0 Å². The molecule has 5 heteroatoms. The molecule has 0 aromatic heterocycles. The molecule has 0 aliphatic rings. The molecule has 1 rings (SSSR count). The van der Waals surface area contributed by atoms with Gasteiger partial charge in [0, 0.05) is 6.54 Å². The fourth-order valence-electron chi connectivity index (χ4n) is 1.93. The summed E-state index contributed by atoms with van der Waals surface area (Å²) in [7, 11) is 0. The van der Waals surface area contributed by atoms with Crippen molar-refractivity contribution in [2.45, 2.75) is 45.8 Å². The molecule has 0 bridgehead atoms. The van der Waals surface area contributed by atoms with E-state index < -0.39 is 23.5 Å². The van der Waals surface area contributed by atoms with Crippen LogP contribution in [0.1, 0.15) is 38.3 Å². The normalized spacial score (nSPS) is 12.8. The average molecular weight is 293 g/mol. The summed E-state index contributed by atoms with van der Waals surface area (Å²) in [5, 5.41) is 9.25. The van der Waals surface area contributed by atoms with E-state index in [2.05, 4.69) is 0 Å². The van der Waals surface area contributed by atoms with Crippen molar-refractivity contribution >= 4 is 11.9 Å². The number of nitrogens with two attached hydrogens (primary N) is 1. The minimum Gasteiger partial charge on any atom is -0.481 e.